The van der Waals surface area contributed by atoms with E-state index < -0.39 is 34.8 Å². The van der Waals surface area contributed by atoms with Gasteiger partial charge in [0.15, 0.2) is 0 Å². The summed E-state index contributed by atoms with van der Waals surface area (Å²) in [6.07, 6.45) is -4.30. The Kier molecular flexibility index (Phi) is 4.61. The molecule has 1 fully saturated rings. The normalized spacial score (nSPS) is 25.5. The topological polar surface area (TPSA) is 53.8 Å². The van der Waals surface area contributed by atoms with Gasteiger partial charge in [0.05, 0.1) is 6.54 Å². The van der Waals surface area contributed by atoms with Crippen LogP contribution in [-0.2, 0) is 10.0 Å². The Morgan fingerprint density at radius 3 is 2.18 bits per heavy atom. The molecule has 22 heavy (non-hydrogen) atoms. The lowest BCUT2D eigenvalue weighted by Crippen LogP contribution is -2.59. The van der Waals surface area contributed by atoms with E-state index in [2.05, 4.69) is 0 Å². The summed E-state index contributed by atoms with van der Waals surface area (Å²) in [5.41, 5.74) is 0. The number of hydrogen-bond donors (Lipinski definition) is 0. The van der Waals surface area contributed by atoms with Gasteiger partial charge in [0.25, 0.3) is 10.0 Å². The van der Waals surface area contributed by atoms with Gasteiger partial charge in [-0.15, -0.1) is 0 Å². The summed E-state index contributed by atoms with van der Waals surface area (Å²) in [4.78, 5) is 1.28. The maximum Gasteiger partial charge on any atom is 0.401 e. The molecule has 5 nitrogen and oxygen atoms in total. The number of nitrogens with zero attached hydrogens (tertiary/aromatic N) is 2. The van der Waals surface area contributed by atoms with Crippen LogP contribution in [0, 0.1) is 6.92 Å². The second-order valence-corrected chi connectivity index (χ2v) is 7.54. The average molecular weight is 340 g/mol. The van der Waals surface area contributed by atoms with Crippen molar-refractivity contribution in [1.82, 2.24) is 9.21 Å². The van der Waals surface area contributed by atoms with Crippen molar-refractivity contribution in [3.63, 3.8) is 0 Å². The zero-order chi connectivity index (χ0) is 16.7. The molecule has 0 bridgehead atoms. The maximum atomic E-state index is 12.6. The molecule has 126 valence electrons. The van der Waals surface area contributed by atoms with Crippen molar-refractivity contribution in [2.45, 2.75) is 44.1 Å². The third-order valence-corrected chi connectivity index (χ3v) is 5.45. The van der Waals surface area contributed by atoms with Crippen LogP contribution >= 0.6 is 0 Å². The van der Waals surface area contributed by atoms with Gasteiger partial charge in [0, 0.05) is 25.2 Å². The van der Waals surface area contributed by atoms with Crippen LogP contribution in [0.4, 0.5) is 13.2 Å². The molecule has 0 aromatic carbocycles. The lowest BCUT2D eigenvalue weighted by Gasteiger charge is -2.43. The number of sulfonamides is 1. The van der Waals surface area contributed by atoms with Crippen LogP contribution in [0.5, 0.6) is 0 Å². The SMILES string of the molecule is Cc1ccc(S(=O)(=O)N2C[C@@H](C)N(CC(F)(F)F)[C@@H](C)C2)o1. The van der Waals surface area contributed by atoms with E-state index in [9.17, 15) is 21.6 Å². The van der Waals surface area contributed by atoms with E-state index in [1.165, 1.54) is 15.3 Å². The van der Waals surface area contributed by atoms with Crippen molar-refractivity contribution >= 4 is 10.0 Å². The predicted octanol–water partition coefficient (Wildman–Crippen LogP) is 2.23. The summed E-state index contributed by atoms with van der Waals surface area (Å²) in [6.45, 7) is 3.79. The number of rotatable bonds is 3. The van der Waals surface area contributed by atoms with Crippen LogP contribution in [-0.4, -0.2) is 55.5 Å². The lowest BCUT2D eigenvalue weighted by molar-refractivity contribution is -0.159. The zero-order valence-corrected chi connectivity index (χ0v) is 13.4. The number of hydrogen-bond acceptors (Lipinski definition) is 4. The van der Waals surface area contributed by atoms with Crippen molar-refractivity contribution in [2.24, 2.45) is 0 Å². The van der Waals surface area contributed by atoms with E-state index in [-0.39, 0.29) is 18.2 Å². The molecule has 0 N–H and O–H groups in total. The van der Waals surface area contributed by atoms with Crippen LogP contribution < -0.4 is 0 Å². The largest absolute Gasteiger partial charge is 0.449 e. The minimum Gasteiger partial charge on any atom is -0.449 e. The molecule has 2 atom stereocenters. The first-order valence-electron chi connectivity index (χ1n) is 6.90. The van der Waals surface area contributed by atoms with E-state index in [1.807, 2.05) is 0 Å². The fourth-order valence-corrected chi connectivity index (χ4v) is 4.26. The number of alkyl halides is 3. The molecule has 1 aromatic heterocycles. The molecule has 2 rings (SSSR count). The first-order valence-corrected chi connectivity index (χ1v) is 8.34. The third kappa shape index (κ3) is 3.64. The second-order valence-electron chi connectivity index (χ2n) is 5.67. The molecular weight excluding hydrogens is 321 g/mol. The molecule has 9 heteroatoms. The van der Waals surface area contributed by atoms with Crippen LogP contribution in [0.2, 0.25) is 0 Å². The Bertz CT molecular complexity index is 615. The highest BCUT2D eigenvalue weighted by Crippen LogP contribution is 2.27. The fraction of sp³-hybridized carbons (Fsp3) is 0.692. The first kappa shape index (κ1) is 17.3. The van der Waals surface area contributed by atoms with Gasteiger partial charge in [0.1, 0.15) is 5.76 Å². The number of piperazine rings is 1. The van der Waals surface area contributed by atoms with Crippen LogP contribution in [0.15, 0.2) is 21.6 Å². The molecule has 0 amide bonds. The van der Waals surface area contributed by atoms with Gasteiger partial charge >= 0.3 is 6.18 Å². The van der Waals surface area contributed by atoms with Crippen molar-refractivity contribution in [3.8, 4) is 0 Å². The Labute approximate surface area is 127 Å². The average Bonchev–Trinajstić information content (AvgIpc) is 2.80. The van der Waals surface area contributed by atoms with Gasteiger partial charge in [-0.05, 0) is 32.9 Å². The van der Waals surface area contributed by atoms with E-state index in [0.717, 1.165) is 0 Å². The van der Waals surface area contributed by atoms with Gasteiger partial charge in [0.2, 0.25) is 5.09 Å². The summed E-state index contributed by atoms with van der Waals surface area (Å²) < 4.78 is 69.1. The van der Waals surface area contributed by atoms with Crippen molar-refractivity contribution in [1.29, 1.82) is 0 Å². The Hall–Kier alpha value is -1.06. The fourth-order valence-electron chi connectivity index (χ4n) is 2.70. The molecule has 0 spiro atoms. The monoisotopic (exact) mass is 340 g/mol. The molecule has 0 saturated carbocycles. The van der Waals surface area contributed by atoms with Gasteiger partial charge < -0.3 is 4.42 Å². The number of halogens is 3. The molecule has 1 aliphatic rings. The molecule has 1 saturated heterocycles. The van der Waals surface area contributed by atoms with Gasteiger partial charge in [-0.3, -0.25) is 4.90 Å². The predicted molar refractivity (Wildman–Crippen MR) is 73.9 cm³/mol. The highest BCUT2D eigenvalue weighted by Gasteiger charge is 2.41. The summed E-state index contributed by atoms with van der Waals surface area (Å²) >= 11 is 0. The number of furan rings is 1. The zero-order valence-electron chi connectivity index (χ0n) is 12.6. The summed E-state index contributed by atoms with van der Waals surface area (Å²) in [5.74, 6) is 0.468. The van der Waals surface area contributed by atoms with Crippen molar-refractivity contribution in [2.75, 3.05) is 19.6 Å². The van der Waals surface area contributed by atoms with E-state index in [4.69, 9.17) is 4.42 Å². The lowest BCUT2D eigenvalue weighted by atomic mass is 10.1. The van der Waals surface area contributed by atoms with E-state index in [1.54, 1.807) is 26.8 Å². The molecule has 0 radical (unpaired) electrons. The molecule has 1 aromatic rings. The Morgan fingerprint density at radius 2 is 1.77 bits per heavy atom. The van der Waals surface area contributed by atoms with E-state index in [0.29, 0.717) is 5.76 Å². The minimum atomic E-state index is -4.30. The smallest absolute Gasteiger partial charge is 0.401 e. The minimum absolute atomic E-state index is 0.00248. The summed E-state index contributed by atoms with van der Waals surface area (Å²) in [6, 6.07) is 1.84. The molecule has 1 aliphatic heterocycles. The third-order valence-electron chi connectivity index (χ3n) is 3.74. The molecule has 0 aliphatic carbocycles. The highest BCUT2D eigenvalue weighted by atomic mass is 32.2. The standard InChI is InChI=1S/C13H19F3N2O3S/c1-9-6-17(7-10(2)18(9)8-13(14,15)16)22(19,20)12-5-4-11(3)21-12/h4-5,9-10H,6-8H2,1-3H3/t9-,10+. The maximum absolute atomic E-state index is 12.6. The molecule has 0 unspecified atom stereocenters. The van der Waals surface area contributed by atoms with Crippen LogP contribution in [0.25, 0.3) is 0 Å². The van der Waals surface area contributed by atoms with Crippen molar-refractivity contribution < 1.29 is 26.0 Å². The van der Waals surface area contributed by atoms with E-state index >= 15 is 0 Å². The molecular formula is C13H19F3N2O3S. The van der Waals surface area contributed by atoms with Crippen molar-refractivity contribution in [3.05, 3.63) is 17.9 Å². The quantitative estimate of drug-likeness (QED) is 0.847. The second kappa shape index (κ2) is 5.86. The summed E-state index contributed by atoms with van der Waals surface area (Å²) in [5, 5.41) is -0.173. The van der Waals surface area contributed by atoms with Gasteiger partial charge in [-0.2, -0.15) is 17.5 Å². The first-order chi connectivity index (χ1) is 10.0. The highest BCUT2D eigenvalue weighted by molar-refractivity contribution is 7.89. The van der Waals surface area contributed by atoms with Gasteiger partial charge in [-0.1, -0.05) is 0 Å². The Balaban J connectivity index is 2.17. The summed E-state index contributed by atoms with van der Waals surface area (Å²) in [7, 11) is -3.82. The van der Waals surface area contributed by atoms with Crippen LogP contribution in [0.1, 0.15) is 19.6 Å². The van der Waals surface area contributed by atoms with Gasteiger partial charge in [-0.25, -0.2) is 8.42 Å². The molecule has 2 heterocycles. The number of aryl methyl sites for hydroxylation is 1. The Morgan fingerprint density at radius 1 is 1.23 bits per heavy atom. The van der Waals surface area contributed by atoms with Crippen LogP contribution in [0.3, 0.4) is 0 Å².